The molecular formula is C26H31N3O5. The number of nitrogens with zero attached hydrogens (tertiary/aromatic N) is 2. The number of ether oxygens (including phenoxy) is 1. The molecule has 0 radical (unpaired) electrons. The molecule has 1 aromatic heterocycles. The van der Waals surface area contributed by atoms with Gasteiger partial charge in [-0.3, -0.25) is 9.59 Å². The van der Waals surface area contributed by atoms with Crippen molar-refractivity contribution >= 4 is 11.9 Å². The average Bonchev–Trinajstić information content (AvgIpc) is 3.21. The van der Waals surface area contributed by atoms with Crippen molar-refractivity contribution in [2.24, 2.45) is 5.41 Å². The van der Waals surface area contributed by atoms with E-state index in [9.17, 15) is 19.8 Å². The maximum atomic E-state index is 13.1. The second-order valence-corrected chi connectivity index (χ2v) is 9.29. The molecule has 2 atom stereocenters. The Morgan fingerprint density at radius 2 is 1.74 bits per heavy atom. The van der Waals surface area contributed by atoms with Crippen molar-refractivity contribution in [3.05, 3.63) is 77.5 Å². The number of aliphatic hydroxyl groups is 1. The van der Waals surface area contributed by atoms with Gasteiger partial charge in [0, 0.05) is 6.07 Å². The van der Waals surface area contributed by atoms with Gasteiger partial charge in [-0.25, -0.2) is 4.68 Å². The van der Waals surface area contributed by atoms with Gasteiger partial charge in [-0.2, -0.15) is 5.10 Å². The number of carbonyl (C=O) groups is 2. The van der Waals surface area contributed by atoms with E-state index in [1.54, 1.807) is 12.1 Å². The van der Waals surface area contributed by atoms with Crippen molar-refractivity contribution in [3.63, 3.8) is 0 Å². The number of carbonyl (C=O) groups excluding carboxylic acids is 1. The van der Waals surface area contributed by atoms with Crippen LogP contribution in [0.5, 0.6) is 5.88 Å². The minimum atomic E-state index is -1.02. The van der Waals surface area contributed by atoms with Crippen molar-refractivity contribution in [1.82, 2.24) is 15.1 Å². The number of benzene rings is 2. The van der Waals surface area contributed by atoms with Crippen LogP contribution in [-0.4, -0.2) is 44.6 Å². The van der Waals surface area contributed by atoms with E-state index in [0.717, 1.165) is 11.1 Å². The van der Waals surface area contributed by atoms with Crippen LogP contribution in [0, 0.1) is 12.3 Å². The van der Waals surface area contributed by atoms with E-state index in [0.29, 0.717) is 11.6 Å². The van der Waals surface area contributed by atoms with Gasteiger partial charge in [-0.05, 0) is 35.6 Å². The van der Waals surface area contributed by atoms with Crippen molar-refractivity contribution in [1.29, 1.82) is 0 Å². The molecule has 3 rings (SSSR count). The van der Waals surface area contributed by atoms with Gasteiger partial charge < -0.3 is 20.3 Å². The maximum absolute atomic E-state index is 13.1. The zero-order chi connectivity index (χ0) is 24.9. The number of rotatable bonds is 9. The standard InChI is InChI=1S/C26H31N3O5/c1-17-10-8-9-13-19(17)20(15-24(31)32)27-25(33)21-14-23(34-16-22(30)26(2,3)4)29(28-21)18-11-6-5-7-12-18/h5-14,20,22,30H,15-16H2,1-4H3,(H,27,33)(H,31,32). The molecular weight excluding hydrogens is 434 g/mol. The van der Waals surface area contributed by atoms with E-state index < -0.39 is 24.0 Å². The fraction of sp³-hybridized carbons (Fsp3) is 0.346. The summed E-state index contributed by atoms with van der Waals surface area (Å²) in [6.45, 7) is 7.61. The first-order valence-corrected chi connectivity index (χ1v) is 11.1. The van der Waals surface area contributed by atoms with E-state index >= 15 is 0 Å². The largest absolute Gasteiger partial charge is 0.481 e. The van der Waals surface area contributed by atoms with Crippen molar-refractivity contribution in [3.8, 4) is 11.6 Å². The summed E-state index contributed by atoms with van der Waals surface area (Å²) in [6, 6.07) is 17.3. The number of aromatic nitrogens is 2. The highest BCUT2D eigenvalue weighted by atomic mass is 16.5. The Hall–Kier alpha value is -3.65. The summed E-state index contributed by atoms with van der Waals surface area (Å²) in [5, 5.41) is 27.0. The number of para-hydroxylation sites is 1. The van der Waals surface area contributed by atoms with Gasteiger partial charge >= 0.3 is 5.97 Å². The smallest absolute Gasteiger partial charge is 0.305 e. The van der Waals surface area contributed by atoms with Crippen molar-refractivity contribution in [2.75, 3.05) is 6.61 Å². The molecule has 8 nitrogen and oxygen atoms in total. The van der Waals surface area contributed by atoms with E-state index in [1.165, 1.54) is 10.7 Å². The molecule has 0 aliphatic heterocycles. The summed E-state index contributed by atoms with van der Waals surface area (Å²) in [7, 11) is 0. The third-order valence-electron chi connectivity index (χ3n) is 5.55. The highest BCUT2D eigenvalue weighted by Crippen LogP contribution is 2.25. The predicted molar refractivity (Wildman–Crippen MR) is 128 cm³/mol. The van der Waals surface area contributed by atoms with Gasteiger partial charge in [0.25, 0.3) is 5.91 Å². The molecule has 0 spiro atoms. The number of amides is 1. The summed E-state index contributed by atoms with van der Waals surface area (Å²) in [6.07, 6.45) is -0.998. The third-order valence-corrected chi connectivity index (χ3v) is 5.55. The number of aliphatic carboxylic acids is 1. The number of nitrogens with one attached hydrogen (secondary N) is 1. The monoisotopic (exact) mass is 465 g/mol. The number of hydrogen-bond donors (Lipinski definition) is 3. The second-order valence-electron chi connectivity index (χ2n) is 9.29. The molecule has 3 aromatic rings. The summed E-state index contributed by atoms with van der Waals surface area (Å²) < 4.78 is 7.35. The topological polar surface area (TPSA) is 114 Å². The molecule has 8 heteroatoms. The van der Waals surface area contributed by atoms with E-state index in [1.807, 2.05) is 70.2 Å². The Morgan fingerprint density at radius 1 is 1.09 bits per heavy atom. The first kappa shape index (κ1) is 25.0. The number of carboxylic acids is 1. The molecule has 0 saturated heterocycles. The van der Waals surface area contributed by atoms with Crippen molar-refractivity contribution in [2.45, 2.75) is 46.3 Å². The molecule has 1 heterocycles. The molecule has 2 unspecified atom stereocenters. The second kappa shape index (κ2) is 10.5. The number of aryl methyl sites for hydroxylation is 1. The van der Waals surface area contributed by atoms with E-state index in [-0.39, 0.29) is 24.1 Å². The zero-order valence-corrected chi connectivity index (χ0v) is 19.9. The van der Waals surface area contributed by atoms with Crippen LogP contribution in [0.25, 0.3) is 5.69 Å². The van der Waals surface area contributed by atoms with Crippen LogP contribution >= 0.6 is 0 Å². The Morgan fingerprint density at radius 3 is 2.35 bits per heavy atom. The van der Waals surface area contributed by atoms with Crippen LogP contribution in [0.1, 0.15) is 54.8 Å². The lowest BCUT2D eigenvalue weighted by Crippen LogP contribution is -2.32. The van der Waals surface area contributed by atoms with Crippen LogP contribution in [0.2, 0.25) is 0 Å². The fourth-order valence-electron chi connectivity index (χ4n) is 3.37. The number of carboxylic acid groups (broad SMARTS) is 1. The summed E-state index contributed by atoms with van der Waals surface area (Å²) in [4.78, 5) is 24.6. The average molecular weight is 466 g/mol. The quantitative estimate of drug-likeness (QED) is 0.442. The van der Waals surface area contributed by atoms with Crippen LogP contribution in [0.15, 0.2) is 60.7 Å². The molecule has 0 aliphatic rings. The van der Waals surface area contributed by atoms with Gasteiger partial charge in [-0.1, -0.05) is 63.2 Å². The first-order chi connectivity index (χ1) is 16.1. The minimum absolute atomic E-state index is 0.0218. The van der Waals surface area contributed by atoms with Crippen LogP contribution < -0.4 is 10.1 Å². The molecule has 1 amide bonds. The number of hydrogen-bond acceptors (Lipinski definition) is 5. The summed E-state index contributed by atoms with van der Waals surface area (Å²) >= 11 is 0. The van der Waals surface area contributed by atoms with Gasteiger partial charge in [0.15, 0.2) is 5.69 Å². The summed E-state index contributed by atoms with van der Waals surface area (Å²) in [5.74, 6) is -1.25. The Labute approximate surface area is 199 Å². The molecule has 0 bridgehead atoms. The Balaban J connectivity index is 1.90. The Kier molecular flexibility index (Phi) is 7.73. The summed E-state index contributed by atoms with van der Waals surface area (Å²) in [5.41, 5.74) is 1.99. The molecule has 0 saturated carbocycles. The van der Waals surface area contributed by atoms with Gasteiger partial charge in [0.2, 0.25) is 5.88 Å². The van der Waals surface area contributed by atoms with Crippen molar-refractivity contribution < 1.29 is 24.5 Å². The first-order valence-electron chi connectivity index (χ1n) is 11.1. The normalized spacial score (nSPS) is 13.2. The zero-order valence-electron chi connectivity index (χ0n) is 19.9. The van der Waals surface area contributed by atoms with E-state index in [4.69, 9.17) is 4.74 Å². The molecule has 0 fully saturated rings. The van der Waals surface area contributed by atoms with Gasteiger partial charge in [0.05, 0.1) is 24.3 Å². The lowest BCUT2D eigenvalue weighted by Gasteiger charge is -2.25. The third kappa shape index (κ3) is 6.23. The molecule has 34 heavy (non-hydrogen) atoms. The van der Waals surface area contributed by atoms with E-state index in [2.05, 4.69) is 10.4 Å². The molecule has 3 N–H and O–H groups in total. The van der Waals surface area contributed by atoms with Gasteiger partial charge in [0.1, 0.15) is 6.61 Å². The van der Waals surface area contributed by atoms with Crippen LogP contribution in [0.4, 0.5) is 0 Å². The van der Waals surface area contributed by atoms with Crippen LogP contribution in [0.3, 0.4) is 0 Å². The molecule has 2 aromatic carbocycles. The lowest BCUT2D eigenvalue weighted by atomic mass is 9.90. The van der Waals surface area contributed by atoms with Gasteiger partial charge in [-0.15, -0.1) is 0 Å². The minimum Gasteiger partial charge on any atom is -0.481 e. The lowest BCUT2D eigenvalue weighted by molar-refractivity contribution is -0.137. The molecule has 180 valence electrons. The maximum Gasteiger partial charge on any atom is 0.305 e. The highest BCUT2D eigenvalue weighted by Gasteiger charge is 2.26. The number of aliphatic hydroxyl groups excluding tert-OH is 1. The SMILES string of the molecule is Cc1ccccc1C(CC(=O)O)NC(=O)c1cc(OCC(O)C(C)(C)C)n(-c2ccccc2)n1. The van der Waals surface area contributed by atoms with Crippen LogP contribution in [-0.2, 0) is 4.79 Å². The Bertz CT molecular complexity index is 1130. The highest BCUT2D eigenvalue weighted by molar-refractivity contribution is 5.93. The fourth-order valence-corrected chi connectivity index (χ4v) is 3.37. The predicted octanol–water partition coefficient (Wildman–Crippen LogP) is 3.91. The molecule has 0 aliphatic carbocycles.